The molecule has 1 atom stereocenters. The number of nitrogens with one attached hydrogen (secondary N) is 1. The molecule has 0 fully saturated rings. The number of alkyl halides is 3. The van der Waals surface area contributed by atoms with E-state index in [1.807, 2.05) is 30.3 Å². The fraction of sp³-hybridized carbons (Fsp3) is 0.238. The number of urea groups is 1. The molecule has 1 N–H and O–H groups in total. The van der Waals surface area contributed by atoms with Crippen LogP contribution in [0, 0.1) is 0 Å². The highest BCUT2D eigenvalue weighted by Gasteiger charge is 2.43. The Morgan fingerprint density at radius 3 is 2.31 bits per heavy atom. The average Bonchev–Trinajstić information content (AvgIpc) is 3.02. The molecule has 0 aromatic heterocycles. The second-order valence-electron chi connectivity index (χ2n) is 7.07. The van der Waals surface area contributed by atoms with Crippen LogP contribution in [0.15, 0.2) is 65.9 Å². The van der Waals surface area contributed by atoms with Crippen LogP contribution in [0.25, 0.3) is 0 Å². The largest absolute Gasteiger partial charge is 0.416 e. The maximum Gasteiger partial charge on any atom is 0.416 e. The van der Waals surface area contributed by atoms with E-state index in [4.69, 9.17) is 0 Å². The number of nitrogens with zero attached hydrogens (tertiary/aromatic N) is 2. The normalized spacial score (nSPS) is 19.5. The molecular formula is C21H18F3N3O2. The molecule has 29 heavy (non-hydrogen) atoms. The summed E-state index contributed by atoms with van der Waals surface area (Å²) in [6, 6.07) is 12.8. The van der Waals surface area contributed by atoms with E-state index in [-0.39, 0.29) is 12.5 Å². The molecule has 0 unspecified atom stereocenters. The number of carbonyl (C=O) groups excluding carboxylic acids is 2. The number of hydrogen-bond donors (Lipinski definition) is 1. The molecule has 2 aliphatic rings. The highest BCUT2D eigenvalue weighted by molar-refractivity contribution is 6.01. The van der Waals surface area contributed by atoms with Gasteiger partial charge in [-0.2, -0.15) is 13.2 Å². The summed E-state index contributed by atoms with van der Waals surface area (Å²) in [7, 11) is 1.58. The first kappa shape index (κ1) is 19.0. The van der Waals surface area contributed by atoms with E-state index in [1.54, 1.807) is 11.9 Å². The third-order valence-electron chi connectivity index (χ3n) is 5.22. The Morgan fingerprint density at radius 1 is 1.03 bits per heavy atom. The van der Waals surface area contributed by atoms with E-state index in [9.17, 15) is 22.8 Å². The van der Waals surface area contributed by atoms with Gasteiger partial charge in [0.25, 0.3) is 5.91 Å². The van der Waals surface area contributed by atoms with Gasteiger partial charge in [0.1, 0.15) is 0 Å². The van der Waals surface area contributed by atoms with E-state index in [0.717, 1.165) is 17.7 Å². The molecule has 0 aliphatic carbocycles. The Labute approximate surface area is 165 Å². The maximum absolute atomic E-state index is 13.1. The van der Waals surface area contributed by atoms with Crippen molar-refractivity contribution in [1.82, 2.24) is 15.1 Å². The number of amides is 3. The highest BCUT2D eigenvalue weighted by Crippen LogP contribution is 2.37. The van der Waals surface area contributed by atoms with Crippen molar-refractivity contribution < 1.29 is 22.8 Å². The molecule has 0 saturated carbocycles. The van der Waals surface area contributed by atoms with Crippen molar-refractivity contribution in [2.24, 2.45) is 0 Å². The summed E-state index contributed by atoms with van der Waals surface area (Å²) in [5.74, 6) is -0.236. The molecular weight excluding hydrogens is 383 g/mol. The minimum Gasteiger partial charge on any atom is -0.329 e. The minimum absolute atomic E-state index is 0.236. The second kappa shape index (κ2) is 6.95. The van der Waals surface area contributed by atoms with Gasteiger partial charge in [0.05, 0.1) is 29.4 Å². The average molecular weight is 401 g/mol. The van der Waals surface area contributed by atoms with Crippen LogP contribution < -0.4 is 5.32 Å². The summed E-state index contributed by atoms with van der Waals surface area (Å²) in [5.41, 5.74) is 1.57. The second-order valence-corrected chi connectivity index (χ2v) is 7.07. The molecule has 2 aromatic carbocycles. The van der Waals surface area contributed by atoms with Gasteiger partial charge in [0.2, 0.25) is 0 Å². The monoisotopic (exact) mass is 401 g/mol. The molecule has 5 nitrogen and oxygen atoms in total. The smallest absolute Gasteiger partial charge is 0.329 e. The molecule has 2 aliphatic heterocycles. The quantitative estimate of drug-likeness (QED) is 0.853. The maximum atomic E-state index is 13.1. The van der Waals surface area contributed by atoms with Crippen molar-refractivity contribution >= 4 is 11.9 Å². The Hall–Kier alpha value is -3.29. The first-order chi connectivity index (χ1) is 13.8. The van der Waals surface area contributed by atoms with Gasteiger partial charge in [-0.25, -0.2) is 4.79 Å². The summed E-state index contributed by atoms with van der Waals surface area (Å²) in [5, 5.41) is 2.73. The Kier molecular flexibility index (Phi) is 4.56. The van der Waals surface area contributed by atoms with Crippen LogP contribution in [-0.2, 0) is 17.5 Å². The first-order valence-electron chi connectivity index (χ1n) is 9.03. The molecule has 2 aromatic rings. The molecule has 0 radical (unpaired) electrons. The van der Waals surface area contributed by atoms with Crippen LogP contribution in [0.4, 0.5) is 18.0 Å². The molecule has 4 rings (SSSR count). The van der Waals surface area contributed by atoms with E-state index in [2.05, 4.69) is 5.32 Å². The Bertz CT molecular complexity index is 984. The third-order valence-corrected chi connectivity index (χ3v) is 5.22. The number of halogens is 3. The van der Waals surface area contributed by atoms with Crippen molar-refractivity contribution in [1.29, 1.82) is 0 Å². The number of benzene rings is 2. The summed E-state index contributed by atoms with van der Waals surface area (Å²) in [6.45, 7) is 0.651. The molecule has 8 heteroatoms. The number of carbonyl (C=O) groups is 2. The zero-order chi connectivity index (χ0) is 20.8. The lowest BCUT2D eigenvalue weighted by molar-refractivity contribution is -0.137. The van der Waals surface area contributed by atoms with Crippen molar-refractivity contribution in [3.63, 3.8) is 0 Å². The zero-order valence-corrected chi connectivity index (χ0v) is 15.5. The third kappa shape index (κ3) is 3.46. The van der Waals surface area contributed by atoms with Gasteiger partial charge in [0, 0.05) is 13.6 Å². The lowest BCUT2D eigenvalue weighted by Gasteiger charge is -2.31. The summed E-state index contributed by atoms with van der Waals surface area (Å²) in [6.07, 6.45) is -4.45. The zero-order valence-electron chi connectivity index (χ0n) is 15.5. The van der Waals surface area contributed by atoms with Gasteiger partial charge < -0.3 is 10.2 Å². The number of rotatable bonds is 3. The van der Waals surface area contributed by atoms with Gasteiger partial charge >= 0.3 is 12.2 Å². The minimum atomic E-state index is -4.45. The van der Waals surface area contributed by atoms with Crippen LogP contribution in [0.2, 0.25) is 0 Å². The van der Waals surface area contributed by atoms with Crippen LogP contribution in [0.5, 0.6) is 0 Å². The van der Waals surface area contributed by atoms with Gasteiger partial charge in [-0.05, 0) is 23.3 Å². The van der Waals surface area contributed by atoms with Crippen molar-refractivity contribution in [2.75, 3.05) is 13.6 Å². The lowest BCUT2D eigenvalue weighted by atomic mass is 9.95. The molecule has 3 amide bonds. The van der Waals surface area contributed by atoms with Crippen molar-refractivity contribution in [3.8, 4) is 0 Å². The predicted molar refractivity (Wildman–Crippen MR) is 99.4 cm³/mol. The highest BCUT2D eigenvalue weighted by atomic mass is 19.4. The molecule has 150 valence electrons. The lowest BCUT2D eigenvalue weighted by Crippen LogP contribution is -2.45. The Balaban J connectivity index is 1.65. The fourth-order valence-electron chi connectivity index (χ4n) is 3.67. The molecule has 0 bridgehead atoms. The molecule has 0 saturated heterocycles. The van der Waals surface area contributed by atoms with Gasteiger partial charge in [-0.1, -0.05) is 42.5 Å². The first-order valence-corrected chi connectivity index (χ1v) is 9.03. The van der Waals surface area contributed by atoms with Crippen molar-refractivity contribution in [2.45, 2.75) is 18.8 Å². The van der Waals surface area contributed by atoms with Gasteiger partial charge in [0.15, 0.2) is 0 Å². The van der Waals surface area contributed by atoms with E-state index in [0.29, 0.717) is 23.4 Å². The number of likely N-dealkylation sites (N-methyl/N-ethyl adjacent to an activating group) is 1. The van der Waals surface area contributed by atoms with Crippen molar-refractivity contribution in [3.05, 3.63) is 82.6 Å². The fourth-order valence-corrected chi connectivity index (χ4v) is 3.67. The summed E-state index contributed by atoms with van der Waals surface area (Å²) < 4.78 is 38.6. The molecule has 0 spiro atoms. The Morgan fingerprint density at radius 2 is 1.69 bits per heavy atom. The van der Waals surface area contributed by atoms with E-state index >= 15 is 0 Å². The van der Waals surface area contributed by atoms with Gasteiger partial charge in [-0.15, -0.1) is 0 Å². The number of hydrogen-bond acceptors (Lipinski definition) is 2. The van der Waals surface area contributed by atoms with E-state index < -0.39 is 23.8 Å². The predicted octanol–water partition coefficient (Wildman–Crippen LogP) is 3.70. The van der Waals surface area contributed by atoms with Gasteiger partial charge in [-0.3, -0.25) is 9.69 Å². The molecule has 2 heterocycles. The standard InChI is InChI=1S/C21H18F3N3O2/c1-26-16-12-27(11-13-5-3-2-4-6-13)19(28)17(16)18(25-20(26)29)14-7-9-15(10-8-14)21(22,23)24/h2-10,18H,11-12H2,1H3,(H,25,29)/t18-/m0/s1. The SMILES string of the molecule is CN1C(=O)N[C@@H](c2ccc(C(F)(F)F)cc2)C2=C1CN(Cc1ccccc1)C2=O. The van der Waals surface area contributed by atoms with Crippen LogP contribution >= 0.6 is 0 Å². The topological polar surface area (TPSA) is 52.7 Å². The van der Waals surface area contributed by atoms with Crippen LogP contribution in [-0.4, -0.2) is 35.3 Å². The van der Waals surface area contributed by atoms with E-state index in [1.165, 1.54) is 17.0 Å². The summed E-state index contributed by atoms with van der Waals surface area (Å²) in [4.78, 5) is 28.5. The summed E-state index contributed by atoms with van der Waals surface area (Å²) >= 11 is 0. The van der Waals surface area contributed by atoms with Crippen LogP contribution in [0.3, 0.4) is 0 Å². The van der Waals surface area contributed by atoms with Crippen LogP contribution in [0.1, 0.15) is 22.7 Å².